The van der Waals surface area contributed by atoms with Crippen LogP contribution in [0.5, 0.6) is 5.75 Å². The molecule has 0 aliphatic rings. The van der Waals surface area contributed by atoms with Crippen LogP contribution >= 0.6 is 46.9 Å². The van der Waals surface area contributed by atoms with Gasteiger partial charge in [0.05, 0.1) is 11.1 Å². The first-order valence-corrected chi connectivity index (χ1v) is 6.20. The van der Waals surface area contributed by atoms with Crippen molar-refractivity contribution < 1.29 is 5.11 Å². The van der Waals surface area contributed by atoms with Gasteiger partial charge in [0.25, 0.3) is 0 Å². The molecule has 2 rings (SSSR count). The normalized spacial score (nSPS) is 11.9. The van der Waals surface area contributed by atoms with Crippen LogP contribution in [0.1, 0.15) is 16.5 Å². The lowest BCUT2D eigenvalue weighted by Gasteiger charge is -2.14. The standard InChI is InChI=1S/C11H9Cl2NOS.ClH/c12-6-4-7(13)10(8(15)5-6)11(14)9-2-1-3-16-9;/h1-5,11,15H,14H2;1H/t11-;/m1./s1. The molecule has 0 amide bonds. The smallest absolute Gasteiger partial charge is 0.123 e. The van der Waals surface area contributed by atoms with Gasteiger partial charge in [-0.25, -0.2) is 0 Å². The van der Waals surface area contributed by atoms with E-state index in [-0.39, 0.29) is 18.2 Å². The lowest BCUT2D eigenvalue weighted by molar-refractivity contribution is 0.465. The van der Waals surface area contributed by atoms with E-state index in [1.807, 2.05) is 17.5 Å². The number of halogens is 3. The number of thiophene rings is 1. The molecule has 0 radical (unpaired) electrons. The highest BCUT2D eigenvalue weighted by Gasteiger charge is 2.18. The molecule has 17 heavy (non-hydrogen) atoms. The molecule has 3 N–H and O–H groups in total. The minimum Gasteiger partial charge on any atom is -0.507 e. The van der Waals surface area contributed by atoms with E-state index in [1.165, 1.54) is 17.4 Å². The summed E-state index contributed by atoms with van der Waals surface area (Å²) in [5.74, 6) is 0.0263. The summed E-state index contributed by atoms with van der Waals surface area (Å²) in [5.41, 5.74) is 6.54. The Labute approximate surface area is 119 Å². The van der Waals surface area contributed by atoms with Crippen molar-refractivity contribution in [3.63, 3.8) is 0 Å². The molecular formula is C11H10Cl3NOS. The van der Waals surface area contributed by atoms with Crippen molar-refractivity contribution in [2.24, 2.45) is 5.73 Å². The van der Waals surface area contributed by atoms with Crippen molar-refractivity contribution in [3.05, 3.63) is 50.1 Å². The number of hydrogen-bond donors (Lipinski definition) is 2. The van der Waals surface area contributed by atoms with Crippen molar-refractivity contribution in [3.8, 4) is 5.75 Å². The molecule has 1 heterocycles. The highest BCUT2D eigenvalue weighted by molar-refractivity contribution is 7.10. The maximum absolute atomic E-state index is 9.80. The van der Waals surface area contributed by atoms with Crippen molar-refractivity contribution >= 4 is 46.9 Å². The van der Waals surface area contributed by atoms with Crippen molar-refractivity contribution in [2.45, 2.75) is 6.04 Å². The number of rotatable bonds is 2. The molecule has 0 saturated heterocycles. The van der Waals surface area contributed by atoms with Crippen LogP contribution in [0.25, 0.3) is 0 Å². The molecule has 0 aliphatic heterocycles. The SMILES string of the molecule is Cl.N[C@H](c1cccs1)c1c(O)cc(Cl)cc1Cl. The van der Waals surface area contributed by atoms with E-state index in [1.54, 1.807) is 6.07 Å². The van der Waals surface area contributed by atoms with Gasteiger partial charge in [0, 0.05) is 15.5 Å². The van der Waals surface area contributed by atoms with E-state index in [2.05, 4.69) is 0 Å². The van der Waals surface area contributed by atoms with Crippen LogP contribution in [0.2, 0.25) is 10.0 Å². The first-order valence-electron chi connectivity index (χ1n) is 4.56. The predicted octanol–water partition coefficient (Wildman–Crippen LogP) is 4.23. The number of phenols is 1. The highest BCUT2D eigenvalue weighted by atomic mass is 35.5. The molecule has 0 spiro atoms. The number of phenolic OH excluding ortho intramolecular Hbond substituents is 1. The molecule has 0 fully saturated rings. The lowest BCUT2D eigenvalue weighted by Crippen LogP contribution is -2.11. The van der Waals surface area contributed by atoms with Crippen molar-refractivity contribution in [1.82, 2.24) is 0 Å². The molecular weight excluding hydrogens is 301 g/mol. The molecule has 0 unspecified atom stereocenters. The number of hydrogen-bond acceptors (Lipinski definition) is 3. The zero-order valence-corrected chi connectivity index (χ0v) is 11.7. The Morgan fingerprint density at radius 3 is 2.53 bits per heavy atom. The molecule has 1 aromatic heterocycles. The van der Waals surface area contributed by atoms with E-state index >= 15 is 0 Å². The Hall–Kier alpha value is -0.450. The van der Waals surface area contributed by atoms with Gasteiger partial charge in [-0.15, -0.1) is 23.7 Å². The average molecular weight is 311 g/mol. The Morgan fingerprint density at radius 1 is 1.29 bits per heavy atom. The third-order valence-corrected chi connectivity index (χ3v) is 3.72. The Bertz CT molecular complexity index is 478. The third kappa shape index (κ3) is 3.06. The van der Waals surface area contributed by atoms with Crippen molar-refractivity contribution in [1.29, 1.82) is 0 Å². The van der Waals surface area contributed by atoms with Gasteiger partial charge in [0.2, 0.25) is 0 Å². The topological polar surface area (TPSA) is 46.2 Å². The Morgan fingerprint density at radius 2 is 2.00 bits per heavy atom. The summed E-state index contributed by atoms with van der Waals surface area (Å²) >= 11 is 13.3. The summed E-state index contributed by atoms with van der Waals surface area (Å²) in [4.78, 5) is 0.944. The summed E-state index contributed by atoms with van der Waals surface area (Å²) in [6.45, 7) is 0. The molecule has 2 aromatic rings. The van der Waals surface area contributed by atoms with E-state index in [0.29, 0.717) is 15.6 Å². The third-order valence-electron chi connectivity index (χ3n) is 2.23. The fourth-order valence-corrected chi connectivity index (χ4v) is 2.83. The summed E-state index contributed by atoms with van der Waals surface area (Å²) in [6.07, 6.45) is 0. The van der Waals surface area contributed by atoms with E-state index < -0.39 is 6.04 Å². The number of nitrogens with two attached hydrogens (primary N) is 1. The zero-order chi connectivity index (χ0) is 11.7. The summed E-state index contributed by atoms with van der Waals surface area (Å²) < 4.78 is 0. The minimum absolute atomic E-state index is 0. The second-order valence-electron chi connectivity index (χ2n) is 3.31. The first kappa shape index (κ1) is 14.6. The first-order chi connectivity index (χ1) is 7.59. The zero-order valence-electron chi connectivity index (χ0n) is 8.56. The second-order valence-corrected chi connectivity index (χ2v) is 5.14. The van der Waals surface area contributed by atoms with Crippen LogP contribution in [0.4, 0.5) is 0 Å². The molecule has 1 atom stereocenters. The van der Waals surface area contributed by atoms with Gasteiger partial charge in [-0.05, 0) is 23.6 Å². The maximum atomic E-state index is 9.80. The number of aromatic hydroxyl groups is 1. The molecule has 0 bridgehead atoms. The molecule has 2 nitrogen and oxygen atoms in total. The van der Waals surface area contributed by atoms with Crippen LogP contribution < -0.4 is 5.73 Å². The molecule has 0 aliphatic carbocycles. The summed E-state index contributed by atoms with van der Waals surface area (Å²) in [7, 11) is 0. The Kier molecular flexibility index (Phi) is 5.10. The van der Waals surface area contributed by atoms with E-state index in [0.717, 1.165) is 4.88 Å². The van der Waals surface area contributed by atoms with Crippen LogP contribution in [-0.2, 0) is 0 Å². The van der Waals surface area contributed by atoms with E-state index in [4.69, 9.17) is 28.9 Å². The monoisotopic (exact) mass is 309 g/mol. The molecule has 92 valence electrons. The predicted molar refractivity (Wildman–Crippen MR) is 75.7 cm³/mol. The summed E-state index contributed by atoms with van der Waals surface area (Å²) in [6, 6.07) is 6.40. The van der Waals surface area contributed by atoms with E-state index in [9.17, 15) is 5.11 Å². The highest BCUT2D eigenvalue weighted by Crippen LogP contribution is 2.37. The largest absolute Gasteiger partial charge is 0.507 e. The lowest BCUT2D eigenvalue weighted by atomic mass is 10.1. The van der Waals surface area contributed by atoms with Crippen LogP contribution in [-0.4, -0.2) is 5.11 Å². The minimum atomic E-state index is -0.426. The van der Waals surface area contributed by atoms with Gasteiger partial charge in [0.1, 0.15) is 5.75 Å². The Balaban J connectivity index is 0.00000144. The molecule has 0 saturated carbocycles. The fraction of sp³-hybridized carbons (Fsp3) is 0.0909. The average Bonchev–Trinajstić information content (AvgIpc) is 2.67. The molecule has 6 heteroatoms. The van der Waals surface area contributed by atoms with Crippen LogP contribution in [0.15, 0.2) is 29.6 Å². The van der Waals surface area contributed by atoms with Crippen LogP contribution in [0.3, 0.4) is 0 Å². The van der Waals surface area contributed by atoms with Gasteiger partial charge in [0.15, 0.2) is 0 Å². The van der Waals surface area contributed by atoms with Gasteiger partial charge in [-0.3, -0.25) is 0 Å². The fourth-order valence-electron chi connectivity index (χ4n) is 1.49. The maximum Gasteiger partial charge on any atom is 0.123 e. The van der Waals surface area contributed by atoms with Crippen molar-refractivity contribution in [2.75, 3.05) is 0 Å². The number of benzene rings is 1. The quantitative estimate of drug-likeness (QED) is 0.872. The van der Waals surface area contributed by atoms with Gasteiger partial charge in [-0.1, -0.05) is 29.3 Å². The van der Waals surface area contributed by atoms with Gasteiger partial charge in [-0.2, -0.15) is 0 Å². The van der Waals surface area contributed by atoms with Crippen LogP contribution in [0, 0.1) is 0 Å². The van der Waals surface area contributed by atoms with Gasteiger partial charge < -0.3 is 10.8 Å². The molecule has 1 aromatic carbocycles. The van der Waals surface area contributed by atoms with Gasteiger partial charge >= 0.3 is 0 Å². The second kappa shape index (κ2) is 5.94. The summed E-state index contributed by atoms with van der Waals surface area (Å²) in [5, 5.41) is 12.5.